The summed E-state index contributed by atoms with van der Waals surface area (Å²) in [7, 11) is 0. The number of aromatic amines is 1. The first-order chi connectivity index (χ1) is 10.7. The number of benzene rings is 2. The maximum atomic E-state index is 12.0. The Labute approximate surface area is 128 Å². The van der Waals surface area contributed by atoms with E-state index in [4.69, 9.17) is 0 Å². The van der Waals surface area contributed by atoms with Crippen LogP contribution in [0, 0.1) is 0 Å². The van der Waals surface area contributed by atoms with E-state index in [-0.39, 0.29) is 5.56 Å². The molecule has 1 heterocycles. The molecule has 0 amide bonds. The fourth-order valence-electron chi connectivity index (χ4n) is 2.25. The first-order valence-corrected chi connectivity index (χ1v) is 7.13. The molecule has 0 aliphatic heterocycles. The fourth-order valence-corrected chi connectivity index (χ4v) is 2.25. The molecule has 22 heavy (non-hydrogen) atoms. The van der Waals surface area contributed by atoms with Crippen molar-refractivity contribution in [2.75, 3.05) is 0 Å². The van der Waals surface area contributed by atoms with Gasteiger partial charge in [-0.3, -0.25) is 4.79 Å². The van der Waals surface area contributed by atoms with Gasteiger partial charge >= 0.3 is 0 Å². The lowest BCUT2D eigenvalue weighted by Gasteiger charge is -1.99. The number of aromatic nitrogens is 2. The maximum Gasteiger partial charge on any atom is 0.259 e. The van der Waals surface area contributed by atoms with Crippen molar-refractivity contribution in [1.82, 2.24) is 9.97 Å². The number of fused-ring (bicyclic) bond motifs is 1. The quantitative estimate of drug-likeness (QED) is 0.739. The second-order valence-electron chi connectivity index (χ2n) is 5.10. The zero-order valence-corrected chi connectivity index (χ0v) is 12.3. The summed E-state index contributed by atoms with van der Waals surface area (Å²) in [6.45, 7) is 2.02. The van der Waals surface area contributed by atoms with Crippen LogP contribution in [0.4, 0.5) is 0 Å². The highest BCUT2D eigenvalue weighted by molar-refractivity contribution is 5.78. The normalized spacial score (nSPS) is 12.1. The number of hydrogen-bond acceptors (Lipinski definition) is 2. The van der Waals surface area contributed by atoms with E-state index in [0.717, 1.165) is 11.1 Å². The third kappa shape index (κ3) is 3.20. The summed E-state index contributed by atoms with van der Waals surface area (Å²) < 4.78 is 0. The summed E-state index contributed by atoms with van der Waals surface area (Å²) in [5, 5.41) is 0.608. The molecule has 3 rings (SSSR count). The first-order valence-electron chi connectivity index (χ1n) is 7.13. The predicted octanol–water partition coefficient (Wildman–Crippen LogP) is 4.04. The van der Waals surface area contributed by atoms with Crippen LogP contribution in [-0.4, -0.2) is 9.97 Å². The number of H-pyrrole nitrogens is 1. The third-order valence-electron chi connectivity index (χ3n) is 3.33. The van der Waals surface area contributed by atoms with Crippen LogP contribution in [0.2, 0.25) is 0 Å². The van der Waals surface area contributed by atoms with Crippen LogP contribution < -0.4 is 5.56 Å². The van der Waals surface area contributed by atoms with E-state index in [0.29, 0.717) is 16.7 Å². The largest absolute Gasteiger partial charge is 0.306 e. The molecular formula is C19H16N2O. The summed E-state index contributed by atoms with van der Waals surface area (Å²) in [6, 6.07) is 17.4. The Morgan fingerprint density at radius 1 is 1.05 bits per heavy atom. The van der Waals surface area contributed by atoms with E-state index in [1.165, 1.54) is 0 Å². The Morgan fingerprint density at radius 3 is 2.59 bits per heavy atom. The van der Waals surface area contributed by atoms with Crippen LogP contribution in [0.25, 0.3) is 23.1 Å². The molecule has 0 atom stereocenters. The molecule has 0 radical (unpaired) electrons. The summed E-state index contributed by atoms with van der Waals surface area (Å²) >= 11 is 0. The van der Waals surface area contributed by atoms with Gasteiger partial charge in [0.2, 0.25) is 0 Å². The molecule has 0 saturated heterocycles. The van der Waals surface area contributed by atoms with Crippen LogP contribution in [0.1, 0.15) is 18.3 Å². The monoisotopic (exact) mass is 288 g/mol. The molecule has 0 aliphatic rings. The highest BCUT2D eigenvalue weighted by Gasteiger charge is 2.00. The van der Waals surface area contributed by atoms with E-state index in [2.05, 4.69) is 16.0 Å². The van der Waals surface area contributed by atoms with Crippen molar-refractivity contribution in [3.63, 3.8) is 0 Å². The molecule has 108 valence electrons. The van der Waals surface area contributed by atoms with Crippen molar-refractivity contribution in [3.8, 4) is 0 Å². The minimum atomic E-state index is -0.116. The maximum absolute atomic E-state index is 12.0. The van der Waals surface area contributed by atoms with Gasteiger partial charge in [-0.25, -0.2) is 4.98 Å². The predicted molar refractivity (Wildman–Crippen MR) is 91.5 cm³/mol. The zero-order valence-electron chi connectivity index (χ0n) is 12.3. The minimum Gasteiger partial charge on any atom is -0.306 e. The Hall–Kier alpha value is -2.94. The number of rotatable bonds is 3. The summed E-state index contributed by atoms with van der Waals surface area (Å²) in [5.74, 6) is 0.560. The molecule has 3 aromatic rings. The van der Waals surface area contributed by atoms with Crippen molar-refractivity contribution in [2.45, 2.75) is 6.92 Å². The molecule has 0 unspecified atom stereocenters. The van der Waals surface area contributed by atoms with Crippen molar-refractivity contribution in [2.24, 2.45) is 0 Å². The molecule has 1 aromatic heterocycles. The molecular weight excluding hydrogens is 272 g/mol. The highest BCUT2D eigenvalue weighted by Crippen LogP contribution is 2.10. The van der Waals surface area contributed by atoms with Crippen LogP contribution in [0.5, 0.6) is 0 Å². The Kier molecular flexibility index (Phi) is 3.97. The molecule has 1 N–H and O–H groups in total. The molecule has 0 saturated carbocycles. The fraction of sp³-hybridized carbons (Fsp3) is 0.0526. The topological polar surface area (TPSA) is 45.8 Å². The molecule has 3 heteroatoms. The van der Waals surface area contributed by atoms with Crippen LogP contribution >= 0.6 is 0 Å². The average molecular weight is 288 g/mol. The molecule has 0 fully saturated rings. The number of hydrogen-bond donors (Lipinski definition) is 1. The van der Waals surface area contributed by atoms with Crippen molar-refractivity contribution < 1.29 is 0 Å². The Bertz CT molecular complexity index is 905. The summed E-state index contributed by atoms with van der Waals surface area (Å²) in [6.07, 6.45) is 5.85. The van der Waals surface area contributed by atoms with Gasteiger partial charge < -0.3 is 4.98 Å². The van der Waals surface area contributed by atoms with E-state index in [1.54, 1.807) is 6.07 Å². The molecule has 0 aliphatic carbocycles. The van der Waals surface area contributed by atoms with E-state index < -0.39 is 0 Å². The lowest BCUT2D eigenvalue weighted by molar-refractivity contribution is 1.14. The van der Waals surface area contributed by atoms with E-state index in [9.17, 15) is 4.79 Å². The molecule has 2 aromatic carbocycles. The van der Waals surface area contributed by atoms with Gasteiger partial charge in [0, 0.05) is 0 Å². The minimum absolute atomic E-state index is 0.116. The third-order valence-corrected chi connectivity index (χ3v) is 3.33. The van der Waals surface area contributed by atoms with Crippen LogP contribution in [-0.2, 0) is 0 Å². The standard InChI is InChI=1S/C19H16N2O/c1-14(13-15-7-3-2-4-8-15)11-12-18-20-17-10-6-5-9-16(17)19(22)21-18/h2-13H,1H3,(H,20,21,22)/b12-11+,14-13+. The summed E-state index contributed by atoms with van der Waals surface area (Å²) in [5.41, 5.74) is 2.82. The van der Waals surface area contributed by atoms with Crippen molar-refractivity contribution in [1.29, 1.82) is 0 Å². The lowest BCUT2D eigenvalue weighted by Crippen LogP contribution is -2.09. The van der Waals surface area contributed by atoms with Crippen LogP contribution in [0.3, 0.4) is 0 Å². The SMILES string of the molecule is CC(/C=C/c1nc2ccccc2c(=O)[nH]1)=C\c1ccccc1. The van der Waals surface area contributed by atoms with Gasteiger partial charge in [-0.05, 0) is 30.7 Å². The molecule has 0 bridgehead atoms. The van der Waals surface area contributed by atoms with Gasteiger partial charge in [0.1, 0.15) is 5.82 Å². The number of nitrogens with zero attached hydrogens (tertiary/aromatic N) is 1. The second kappa shape index (κ2) is 6.22. The average Bonchev–Trinajstić information content (AvgIpc) is 2.54. The number of para-hydroxylation sites is 1. The van der Waals surface area contributed by atoms with Crippen molar-refractivity contribution >= 4 is 23.1 Å². The molecule has 3 nitrogen and oxygen atoms in total. The Balaban J connectivity index is 1.89. The van der Waals surface area contributed by atoms with Gasteiger partial charge in [-0.2, -0.15) is 0 Å². The summed E-state index contributed by atoms with van der Waals surface area (Å²) in [4.78, 5) is 19.2. The lowest BCUT2D eigenvalue weighted by atomic mass is 10.1. The Morgan fingerprint density at radius 2 is 1.77 bits per heavy atom. The first kappa shape index (κ1) is 14.0. The van der Waals surface area contributed by atoms with E-state index >= 15 is 0 Å². The number of nitrogens with one attached hydrogen (secondary N) is 1. The van der Waals surface area contributed by atoms with Gasteiger partial charge in [0.15, 0.2) is 0 Å². The highest BCUT2D eigenvalue weighted by atomic mass is 16.1. The van der Waals surface area contributed by atoms with Gasteiger partial charge in [0.25, 0.3) is 5.56 Å². The van der Waals surface area contributed by atoms with Gasteiger partial charge in [-0.15, -0.1) is 0 Å². The van der Waals surface area contributed by atoms with Gasteiger partial charge in [0.05, 0.1) is 10.9 Å². The second-order valence-corrected chi connectivity index (χ2v) is 5.10. The van der Waals surface area contributed by atoms with Gasteiger partial charge in [-0.1, -0.05) is 60.2 Å². The van der Waals surface area contributed by atoms with Crippen molar-refractivity contribution in [3.05, 3.63) is 88.0 Å². The molecule has 0 spiro atoms. The van der Waals surface area contributed by atoms with Crippen LogP contribution in [0.15, 0.2) is 71.0 Å². The van der Waals surface area contributed by atoms with E-state index in [1.807, 2.05) is 67.6 Å². The number of allylic oxidation sites excluding steroid dienone is 2. The smallest absolute Gasteiger partial charge is 0.259 e. The zero-order chi connectivity index (χ0) is 15.4.